The van der Waals surface area contributed by atoms with Crippen molar-refractivity contribution in [2.45, 2.75) is 6.18 Å². The highest BCUT2D eigenvalue weighted by Crippen LogP contribution is 2.48. The molecule has 0 atom stereocenters. The molecule has 8 nitrogen and oxygen atoms in total. The quantitative estimate of drug-likeness (QED) is 0.128. The number of benzene rings is 10. The Balaban J connectivity index is 1.04. The van der Waals surface area contributed by atoms with E-state index in [-0.39, 0.29) is 33.6 Å². The molecule has 0 spiro atoms. The monoisotopic (exact) mass is 1210 g/mol. The minimum atomic E-state index is -4.95. The second kappa shape index (κ2) is 23.2. The van der Waals surface area contributed by atoms with E-state index < -0.39 is 11.7 Å². The fraction of sp³-hybridized carbons (Fsp3) is 0.0120. The van der Waals surface area contributed by atoms with E-state index in [0.29, 0.717) is 22.1 Å². The summed E-state index contributed by atoms with van der Waals surface area (Å²) in [6.07, 6.45) is 2.10. The normalized spacial score (nSPS) is 11.5. The van der Waals surface area contributed by atoms with Gasteiger partial charge in [0.2, 0.25) is 0 Å². The molecule has 0 unspecified atom stereocenters. The lowest BCUT2D eigenvalue weighted by molar-refractivity contribution is -0.137. The summed E-state index contributed by atoms with van der Waals surface area (Å²) in [5.41, 5.74) is 14.9. The molecule has 6 heterocycles. The van der Waals surface area contributed by atoms with Gasteiger partial charge in [-0.3, -0.25) is 19.9 Å². The molecule has 16 rings (SSSR count). The maximum Gasteiger partial charge on any atom is 0.417 e. The Kier molecular flexibility index (Phi) is 13.9. The Morgan fingerprint density at radius 2 is 0.617 bits per heavy atom. The number of nitriles is 2. The van der Waals surface area contributed by atoms with E-state index >= 15 is 13.2 Å². The first-order valence-corrected chi connectivity index (χ1v) is 30.6. The molecule has 0 bridgehead atoms. The number of halogens is 3. The summed E-state index contributed by atoms with van der Waals surface area (Å²) in [6, 6.07) is 91.8. The van der Waals surface area contributed by atoms with E-state index in [1.54, 1.807) is 36.9 Å². The Bertz CT molecular complexity index is 5470. The second-order valence-corrected chi connectivity index (χ2v) is 23.0. The number of rotatable bonds is 11. The summed E-state index contributed by atoms with van der Waals surface area (Å²) >= 11 is 0. The first-order valence-electron chi connectivity index (χ1n) is 30.6. The van der Waals surface area contributed by atoms with Gasteiger partial charge in [-0.2, -0.15) is 23.7 Å². The molecule has 11 heteroatoms. The third kappa shape index (κ3) is 9.71. The van der Waals surface area contributed by atoms with Crippen molar-refractivity contribution < 1.29 is 13.2 Å². The van der Waals surface area contributed by atoms with E-state index in [0.717, 1.165) is 117 Å². The Labute approximate surface area is 538 Å². The van der Waals surface area contributed by atoms with Crippen molar-refractivity contribution in [3.05, 3.63) is 314 Å². The summed E-state index contributed by atoms with van der Waals surface area (Å²) in [6.45, 7) is 0. The first-order chi connectivity index (χ1) is 46.2. The molecular formula is C83H49F3N8. The first kappa shape index (κ1) is 56.4. The molecule has 0 aliphatic rings. The van der Waals surface area contributed by atoms with Crippen LogP contribution in [0.1, 0.15) is 16.7 Å². The van der Waals surface area contributed by atoms with Crippen molar-refractivity contribution in [3.8, 4) is 124 Å². The fourth-order valence-corrected chi connectivity index (χ4v) is 13.5. The molecule has 16 aromatic rings. The lowest BCUT2D eigenvalue weighted by Gasteiger charge is -2.22. The van der Waals surface area contributed by atoms with Gasteiger partial charge < -0.3 is 9.13 Å². The van der Waals surface area contributed by atoms with Crippen LogP contribution in [0.4, 0.5) is 13.2 Å². The van der Waals surface area contributed by atoms with Gasteiger partial charge in [0.15, 0.2) is 0 Å². The standard InChI is InChI=1S/C83H49F3N8/c84-83(85,86)71-31-13-26-60(50-87)78(71)70-49-72(93-73-44-56(62-27-14-40-89-79(62)52-18-5-1-6-19-52)32-36-66(73)67-37-33-57(45-74(67)93)63-28-15-41-90-80(63)53-20-7-2-8-21-53)61(51-88)48-77(70)94-75-46-58(64-29-16-42-91-81(64)54-22-9-3-10-23-54)34-38-68(75)69-39-35-59(47-76(69)94)65-30-17-43-92-82(65)55-24-11-4-12-25-55/h1-49H. The molecule has 0 aliphatic heterocycles. The fourth-order valence-electron chi connectivity index (χ4n) is 13.5. The van der Waals surface area contributed by atoms with Crippen LogP contribution in [0.3, 0.4) is 0 Å². The highest BCUT2D eigenvalue weighted by molar-refractivity contribution is 6.14. The van der Waals surface area contributed by atoms with Gasteiger partial charge in [-0.15, -0.1) is 0 Å². The highest BCUT2D eigenvalue weighted by atomic mass is 19.4. The summed E-state index contributed by atoms with van der Waals surface area (Å²) in [5, 5.41) is 26.5. The number of aromatic nitrogens is 6. The lowest BCUT2D eigenvalue weighted by atomic mass is 9.91. The topological polar surface area (TPSA) is 109 Å². The Morgan fingerprint density at radius 1 is 0.287 bits per heavy atom. The summed E-state index contributed by atoms with van der Waals surface area (Å²) < 4.78 is 52.9. The van der Waals surface area contributed by atoms with Crippen molar-refractivity contribution in [1.29, 1.82) is 10.5 Å². The minimum absolute atomic E-state index is 0.0605. The van der Waals surface area contributed by atoms with Crippen LogP contribution in [0, 0.1) is 22.7 Å². The van der Waals surface area contributed by atoms with Gasteiger partial charge in [-0.05, 0) is 95.1 Å². The minimum Gasteiger partial charge on any atom is -0.309 e. The predicted octanol–water partition coefficient (Wildman–Crippen LogP) is 21.2. The third-order valence-electron chi connectivity index (χ3n) is 17.7. The van der Waals surface area contributed by atoms with E-state index in [1.807, 2.05) is 215 Å². The van der Waals surface area contributed by atoms with Gasteiger partial charge in [0.25, 0.3) is 0 Å². The molecule has 0 fully saturated rings. The maximum atomic E-state index is 16.3. The van der Waals surface area contributed by atoms with Crippen LogP contribution in [-0.2, 0) is 6.18 Å². The second-order valence-electron chi connectivity index (χ2n) is 23.0. The van der Waals surface area contributed by atoms with E-state index in [4.69, 9.17) is 19.9 Å². The molecule has 6 aromatic heterocycles. The summed E-state index contributed by atoms with van der Waals surface area (Å²) in [4.78, 5) is 19.6. The molecule has 0 saturated carbocycles. The van der Waals surface area contributed by atoms with Crippen molar-refractivity contribution in [3.63, 3.8) is 0 Å². The van der Waals surface area contributed by atoms with Crippen LogP contribution in [0.15, 0.2) is 298 Å². The maximum absolute atomic E-state index is 16.3. The van der Waals surface area contributed by atoms with Crippen molar-refractivity contribution in [2.75, 3.05) is 0 Å². The van der Waals surface area contributed by atoms with Crippen LogP contribution in [0.2, 0.25) is 0 Å². The molecule has 0 amide bonds. The Morgan fingerprint density at radius 3 is 0.936 bits per heavy atom. The number of nitrogens with zero attached hydrogens (tertiary/aromatic N) is 8. The molecule has 10 aromatic carbocycles. The molecule has 0 saturated heterocycles. The molecule has 0 radical (unpaired) electrons. The van der Waals surface area contributed by atoms with Gasteiger partial charge in [-0.25, -0.2) is 0 Å². The van der Waals surface area contributed by atoms with E-state index in [2.05, 4.69) is 48.5 Å². The molecule has 442 valence electrons. The highest BCUT2D eigenvalue weighted by Gasteiger charge is 2.37. The zero-order valence-corrected chi connectivity index (χ0v) is 50.0. The van der Waals surface area contributed by atoms with Gasteiger partial charge in [-0.1, -0.05) is 200 Å². The van der Waals surface area contributed by atoms with Gasteiger partial charge in [0.1, 0.15) is 6.07 Å². The largest absolute Gasteiger partial charge is 0.417 e. The lowest BCUT2D eigenvalue weighted by Crippen LogP contribution is -2.11. The van der Waals surface area contributed by atoms with Crippen LogP contribution in [0.5, 0.6) is 0 Å². The molecule has 94 heavy (non-hydrogen) atoms. The predicted molar refractivity (Wildman–Crippen MR) is 370 cm³/mol. The third-order valence-corrected chi connectivity index (χ3v) is 17.7. The van der Waals surface area contributed by atoms with Gasteiger partial charge in [0, 0.05) is 102 Å². The van der Waals surface area contributed by atoms with Crippen LogP contribution in [0.25, 0.3) is 156 Å². The summed E-state index contributed by atoms with van der Waals surface area (Å²) in [7, 11) is 0. The molecular weight excluding hydrogens is 1170 g/mol. The average Bonchev–Trinajstić information content (AvgIpc) is 1.55. The molecule has 0 N–H and O–H groups in total. The van der Waals surface area contributed by atoms with E-state index in [9.17, 15) is 10.5 Å². The summed E-state index contributed by atoms with van der Waals surface area (Å²) in [5.74, 6) is 0. The average molecular weight is 1220 g/mol. The number of hydrogen-bond donors (Lipinski definition) is 0. The number of alkyl halides is 3. The van der Waals surface area contributed by atoms with Crippen LogP contribution in [-0.4, -0.2) is 29.1 Å². The number of fused-ring (bicyclic) bond motifs is 6. The smallest absolute Gasteiger partial charge is 0.309 e. The van der Waals surface area contributed by atoms with Crippen molar-refractivity contribution >= 4 is 43.6 Å². The zero-order valence-electron chi connectivity index (χ0n) is 50.0. The van der Waals surface area contributed by atoms with Crippen LogP contribution >= 0.6 is 0 Å². The van der Waals surface area contributed by atoms with Gasteiger partial charge in [0.05, 0.1) is 79.0 Å². The number of hydrogen-bond acceptors (Lipinski definition) is 6. The van der Waals surface area contributed by atoms with E-state index in [1.165, 1.54) is 12.1 Å². The van der Waals surface area contributed by atoms with Crippen LogP contribution < -0.4 is 0 Å². The van der Waals surface area contributed by atoms with Crippen molar-refractivity contribution in [2.24, 2.45) is 0 Å². The van der Waals surface area contributed by atoms with Gasteiger partial charge >= 0.3 is 6.18 Å². The zero-order chi connectivity index (χ0) is 63.4. The molecule has 0 aliphatic carbocycles. The van der Waals surface area contributed by atoms with Crippen molar-refractivity contribution in [1.82, 2.24) is 29.1 Å². The Hall–Kier alpha value is -12.8. The SMILES string of the molecule is N#Cc1cc(-n2c3cc(-c4cccnc4-c4ccccc4)ccc3c3ccc(-c4cccnc4-c4ccccc4)cc32)c(-c2c(C#N)cccc2C(F)(F)F)cc1-n1c2cc(-c3cccnc3-c3ccccc3)ccc2c2ccc(-c3cccnc3-c3ccccc3)cc21. The number of pyridine rings is 4.